The second-order valence-corrected chi connectivity index (χ2v) is 7.33. The Hall–Kier alpha value is -0.0800. The van der Waals surface area contributed by atoms with E-state index in [0.29, 0.717) is 5.54 Å². The van der Waals surface area contributed by atoms with Crippen LogP contribution in [0.5, 0.6) is 0 Å². The van der Waals surface area contributed by atoms with Crippen molar-refractivity contribution in [2.24, 2.45) is 17.8 Å². The summed E-state index contributed by atoms with van der Waals surface area (Å²) in [5.41, 5.74) is 0.388. The fourth-order valence-electron chi connectivity index (χ4n) is 3.44. The maximum atomic E-state index is 3.87. The largest absolute Gasteiger partial charge is 0.308 e. The van der Waals surface area contributed by atoms with Gasteiger partial charge in [0.1, 0.15) is 0 Å². The Labute approximate surface area is 114 Å². The summed E-state index contributed by atoms with van der Waals surface area (Å²) in [6.07, 6.45) is 4.18. The van der Waals surface area contributed by atoms with E-state index in [1.54, 1.807) is 0 Å². The van der Waals surface area contributed by atoms with E-state index in [4.69, 9.17) is 0 Å². The number of nitrogens with one attached hydrogen (secondary N) is 1. The van der Waals surface area contributed by atoms with Gasteiger partial charge in [-0.3, -0.25) is 4.90 Å². The third-order valence-corrected chi connectivity index (χ3v) is 5.21. The molecule has 0 aromatic rings. The van der Waals surface area contributed by atoms with Crippen molar-refractivity contribution in [1.29, 1.82) is 0 Å². The van der Waals surface area contributed by atoms with Crippen molar-refractivity contribution in [2.45, 2.75) is 65.5 Å². The van der Waals surface area contributed by atoms with Gasteiger partial charge in [-0.25, -0.2) is 0 Å². The van der Waals surface area contributed by atoms with Crippen LogP contribution in [0.2, 0.25) is 0 Å². The molecule has 1 aliphatic carbocycles. The van der Waals surface area contributed by atoms with Crippen LogP contribution in [0.25, 0.3) is 0 Å². The van der Waals surface area contributed by atoms with Crippen molar-refractivity contribution in [2.75, 3.05) is 19.6 Å². The monoisotopic (exact) mass is 252 g/mol. The van der Waals surface area contributed by atoms with Gasteiger partial charge in [-0.1, -0.05) is 34.1 Å². The summed E-state index contributed by atoms with van der Waals surface area (Å²) in [6.45, 7) is 15.6. The third-order valence-electron chi connectivity index (χ3n) is 5.21. The van der Waals surface area contributed by atoms with Gasteiger partial charge in [-0.2, -0.15) is 0 Å². The summed E-state index contributed by atoms with van der Waals surface area (Å²) in [5.74, 6) is 2.52. The number of nitrogens with zero attached hydrogens (tertiary/aromatic N) is 1. The Kier molecular flexibility index (Phi) is 4.38. The van der Waals surface area contributed by atoms with Crippen molar-refractivity contribution in [1.82, 2.24) is 10.2 Å². The molecule has 0 aromatic heterocycles. The van der Waals surface area contributed by atoms with E-state index in [9.17, 15) is 0 Å². The van der Waals surface area contributed by atoms with Crippen LogP contribution in [0, 0.1) is 17.8 Å². The Balaban J connectivity index is 2.02. The van der Waals surface area contributed by atoms with E-state index >= 15 is 0 Å². The van der Waals surface area contributed by atoms with Gasteiger partial charge in [-0.15, -0.1) is 0 Å². The van der Waals surface area contributed by atoms with Crippen LogP contribution >= 0.6 is 0 Å². The van der Waals surface area contributed by atoms with Crippen molar-refractivity contribution < 1.29 is 0 Å². The van der Waals surface area contributed by atoms with Crippen molar-refractivity contribution in [3.63, 3.8) is 0 Å². The lowest BCUT2D eigenvalue weighted by Crippen LogP contribution is -2.65. The van der Waals surface area contributed by atoms with Crippen LogP contribution < -0.4 is 5.32 Å². The molecule has 0 spiro atoms. The second kappa shape index (κ2) is 5.50. The molecule has 2 aliphatic rings. The Bertz CT molecular complexity index is 272. The second-order valence-electron chi connectivity index (χ2n) is 7.33. The van der Waals surface area contributed by atoms with Crippen molar-refractivity contribution in [3.05, 3.63) is 0 Å². The molecule has 1 heterocycles. The van der Waals surface area contributed by atoms with Crippen LogP contribution in [0.15, 0.2) is 0 Å². The highest BCUT2D eigenvalue weighted by molar-refractivity contribution is 5.04. The smallest absolute Gasteiger partial charge is 0.0309 e. The minimum absolute atomic E-state index is 0.388. The molecule has 2 nitrogen and oxygen atoms in total. The standard InChI is InChI=1S/C16H32N2/c1-6-13(4)10-18-11-16(5,14-7-8-14)17-9-15(18)12(2)3/h12-15,17H,6-11H2,1-5H3. The molecule has 0 aromatic carbocycles. The molecule has 18 heavy (non-hydrogen) atoms. The summed E-state index contributed by atoms with van der Waals surface area (Å²) >= 11 is 0. The Morgan fingerprint density at radius 1 is 1.28 bits per heavy atom. The summed E-state index contributed by atoms with van der Waals surface area (Å²) in [7, 11) is 0. The number of rotatable bonds is 5. The van der Waals surface area contributed by atoms with Gasteiger partial charge in [0.15, 0.2) is 0 Å². The average Bonchev–Trinajstić information content (AvgIpc) is 3.12. The zero-order valence-electron chi connectivity index (χ0n) is 13.0. The molecule has 1 saturated heterocycles. The minimum Gasteiger partial charge on any atom is -0.308 e. The molecule has 1 saturated carbocycles. The lowest BCUT2D eigenvalue weighted by atomic mass is 9.87. The van der Waals surface area contributed by atoms with Gasteiger partial charge in [0.25, 0.3) is 0 Å². The highest BCUT2D eigenvalue weighted by Crippen LogP contribution is 2.41. The fourth-order valence-corrected chi connectivity index (χ4v) is 3.44. The molecular weight excluding hydrogens is 220 g/mol. The van der Waals surface area contributed by atoms with Crippen LogP contribution in [0.4, 0.5) is 0 Å². The van der Waals surface area contributed by atoms with Crippen LogP contribution in [0.1, 0.15) is 53.9 Å². The van der Waals surface area contributed by atoms with Crippen molar-refractivity contribution in [3.8, 4) is 0 Å². The van der Waals surface area contributed by atoms with E-state index in [-0.39, 0.29) is 0 Å². The van der Waals surface area contributed by atoms with Crippen LogP contribution in [-0.2, 0) is 0 Å². The normalized spacial score (nSPS) is 36.0. The van der Waals surface area contributed by atoms with Gasteiger partial charge in [0.05, 0.1) is 0 Å². The molecular formula is C16H32N2. The number of hydrogen-bond acceptors (Lipinski definition) is 2. The van der Waals surface area contributed by atoms with Gasteiger partial charge in [0, 0.05) is 31.2 Å². The number of hydrogen-bond donors (Lipinski definition) is 1. The molecule has 0 bridgehead atoms. The van der Waals surface area contributed by atoms with Gasteiger partial charge in [0.2, 0.25) is 0 Å². The van der Waals surface area contributed by atoms with E-state index in [0.717, 1.165) is 23.8 Å². The summed E-state index contributed by atoms with van der Waals surface area (Å²) in [5, 5.41) is 3.87. The highest BCUT2D eigenvalue weighted by atomic mass is 15.3. The first kappa shape index (κ1) is 14.3. The predicted molar refractivity (Wildman–Crippen MR) is 78.8 cm³/mol. The summed E-state index contributed by atoms with van der Waals surface area (Å²) < 4.78 is 0. The maximum absolute atomic E-state index is 3.87. The molecule has 2 heteroatoms. The van der Waals surface area contributed by atoms with E-state index in [2.05, 4.69) is 44.8 Å². The molecule has 0 amide bonds. The molecule has 106 valence electrons. The van der Waals surface area contributed by atoms with Gasteiger partial charge < -0.3 is 5.32 Å². The zero-order chi connectivity index (χ0) is 13.3. The third kappa shape index (κ3) is 3.08. The van der Waals surface area contributed by atoms with Gasteiger partial charge in [-0.05, 0) is 37.5 Å². The van der Waals surface area contributed by atoms with Crippen LogP contribution in [0.3, 0.4) is 0 Å². The first-order valence-corrected chi connectivity index (χ1v) is 7.95. The lowest BCUT2D eigenvalue weighted by molar-refractivity contribution is 0.0415. The first-order valence-electron chi connectivity index (χ1n) is 7.95. The Morgan fingerprint density at radius 3 is 2.44 bits per heavy atom. The van der Waals surface area contributed by atoms with E-state index in [1.807, 2.05) is 0 Å². The van der Waals surface area contributed by atoms with E-state index < -0.39 is 0 Å². The number of piperazine rings is 1. The molecule has 1 aliphatic heterocycles. The molecule has 2 fully saturated rings. The molecule has 2 rings (SSSR count). The van der Waals surface area contributed by atoms with Crippen LogP contribution in [-0.4, -0.2) is 36.1 Å². The lowest BCUT2D eigenvalue weighted by Gasteiger charge is -2.49. The van der Waals surface area contributed by atoms with E-state index in [1.165, 1.54) is 38.9 Å². The molecule has 0 radical (unpaired) electrons. The molecule has 3 unspecified atom stereocenters. The zero-order valence-corrected chi connectivity index (χ0v) is 13.0. The minimum atomic E-state index is 0.388. The maximum Gasteiger partial charge on any atom is 0.0309 e. The average molecular weight is 252 g/mol. The SMILES string of the molecule is CCC(C)CN1CC(C)(C2CC2)NCC1C(C)C. The predicted octanol–water partition coefficient (Wildman–Crippen LogP) is 3.13. The summed E-state index contributed by atoms with van der Waals surface area (Å²) in [6, 6.07) is 0.728. The molecule has 1 N–H and O–H groups in total. The first-order chi connectivity index (χ1) is 8.46. The van der Waals surface area contributed by atoms with Gasteiger partial charge >= 0.3 is 0 Å². The quantitative estimate of drug-likeness (QED) is 0.809. The molecule has 3 atom stereocenters. The summed E-state index contributed by atoms with van der Waals surface area (Å²) in [4.78, 5) is 2.79. The topological polar surface area (TPSA) is 15.3 Å². The Morgan fingerprint density at radius 2 is 1.94 bits per heavy atom. The van der Waals surface area contributed by atoms with Crippen molar-refractivity contribution >= 4 is 0 Å². The fraction of sp³-hybridized carbons (Fsp3) is 1.00. The highest BCUT2D eigenvalue weighted by Gasteiger charge is 2.46.